The van der Waals surface area contributed by atoms with Crippen molar-refractivity contribution in [3.63, 3.8) is 0 Å². The molecule has 0 N–H and O–H groups in total. The highest BCUT2D eigenvalue weighted by molar-refractivity contribution is 6.67. The van der Waals surface area contributed by atoms with E-state index in [1.807, 2.05) is 0 Å². The topological polar surface area (TPSA) is 17.1 Å². The number of benzene rings is 1. The molecule has 0 unspecified atom stereocenters. The van der Waals surface area contributed by atoms with Crippen molar-refractivity contribution in [1.82, 2.24) is 0 Å². The van der Waals surface area contributed by atoms with Crippen molar-refractivity contribution in [1.29, 1.82) is 0 Å². The fraction of sp³-hybridized carbons (Fsp3) is 0. The third kappa shape index (κ3) is 1.78. The quantitative estimate of drug-likeness (QED) is 0.410. The first-order valence-corrected chi connectivity index (χ1v) is 3.73. The summed E-state index contributed by atoms with van der Waals surface area (Å²) in [6, 6.07) is 0.353. The fourth-order valence-corrected chi connectivity index (χ4v) is 1.05. The van der Waals surface area contributed by atoms with Crippen molar-refractivity contribution in [2.75, 3.05) is 0 Å². The molecule has 6 heteroatoms. The van der Waals surface area contributed by atoms with Crippen LogP contribution in [0.4, 0.5) is 13.2 Å². The number of hydrogen-bond acceptors (Lipinski definition) is 1. The van der Waals surface area contributed by atoms with Crippen LogP contribution >= 0.6 is 23.2 Å². The van der Waals surface area contributed by atoms with Crippen LogP contribution in [0.1, 0.15) is 10.4 Å². The van der Waals surface area contributed by atoms with Crippen LogP contribution in [-0.4, -0.2) is 5.24 Å². The summed E-state index contributed by atoms with van der Waals surface area (Å²) >= 11 is 9.91. The predicted molar refractivity (Wildman–Crippen MR) is 41.5 cm³/mol. The van der Waals surface area contributed by atoms with Crippen LogP contribution in [0, 0.1) is 17.5 Å². The number of carbonyl (C=O) groups is 1. The third-order valence-electron chi connectivity index (χ3n) is 1.31. The van der Waals surface area contributed by atoms with Gasteiger partial charge in [-0.15, -0.1) is 0 Å². The van der Waals surface area contributed by atoms with E-state index >= 15 is 0 Å². The predicted octanol–water partition coefficient (Wildman–Crippen LogP) is 3.14. The highest BCUT2D eigenvalue weighted by Gasteiger charge is 2.20. The second-order valence-corrected chi connectivity index (χ2v) is 2.84. The van der Waals surface area contributed by atoms with Gasteiger partial charge in [0.1, 0.15) is 5.02 Å². The van der Waals surface area contributed by atoms with Gasteiger partial charge in [0.2, 0.25) is 0 Å². The summed E-state index contributed by atoms with van der Waals surface area (Å²) in [5, 5.41) is -2.32. The number of carbonyl (C=O) groups excluding carboxylic acids is 1. The molecule has 0 aliphatic carbocycles. The van der Waals surface area contributed by atoms with E-state index in [0.717, 1.165) is 0 Å². The van der Waals surface area contributed by atoms with Crippen molar-refractivity contribution in [2.24, 2.45) is 0 Å². The molecule has 0 saturated carbocycles. The SMILES string of the molecule is O=C(Cl)c1cc(F)c(F)c(Cl)c1F. The van der Waals surface area contributed by atoms with Gasteiger partial charge in [0.05, 0.1) is 5.56 Å². The molecule has 0 aliphatic heterocycles. The standard InChI is InChI=1S/C7HCl2F3O/c8-4-5(11)2(7(9)13)1-3(10)6(4)12/h1H. The molecule has 1 nitrogen and oxygen atoms in total. The summed E-state index contributed by atoms with van der Waals surface area (Å²) in [5.41, 5.74) is -0.787. The summed E-state index contributed by atoms with van der Waals surface area (Å²) in [6.07, 6.45) is 0. The monoisotopic (exact) mass is 228 g/mol. The molecule has 0 saturated heterocycles. The second kappa shape index (κ2) is 3.55. The Hall–Kier alpha value is -0.740. The summed E-state index contributed by atoms with van der Waals surface area (Å²) in [4.78, 5) is 10.5. The van der Waals surface area contributed by atoms with Crippen LogP contribution in [-0.2, 0) is 0 Å². The Bertz CT molecular complexity index is 378. The molecule has 0 radical (unpaired) electrons. The van der Waals surface area contributed by atoms with Crippen LogP contribution in [0.5, 0.6) is 0 Å². The van der Waals surface area contributed by atoms with Gasteiger partial charge in [-0.2, -0.15) is 0 Å². The lowest BCUT2D eigenvalue weighted by atomic mass is 10.2. The molecular formula is C7HCl2F3O. The molecule has 70 valence electrons. The largest absolute Gasteiger partial charge is 0.275 e. The van der Waals surface area contributed by atoms with E-state index in [2.05, 4.69) is 0 Å². The maximum absolute atomic E-state index is 12.8. The molecule has 1 rings (SSSR count). The minimum atomic E-state index is -1.54. The lowest BCUT2D eigenvalue weighted by Crippen LogP contribution is -2.00. The van der Waals surface area contributed by atoms with Crippen molar-refractivity contribution in [2.45, 2.75) is 0 Å². The zero-order chi connectivity index (χ0) is 10.2. The highest BCUT2D eigenvalue weighted by Crippen LogP contribution is 2.25. The molecule has 0 heterocycles. The van der Waals surface area contributed by atoms with Crippen molar-refractivity contribution in [3.05, 3.63) is 34.1 Å². The third-order valence-corrected chi connectivity index (χ3v) is 1.85. The van der Waals surface area contributed by atoms with Crippen LogP contribution in [0.15, 0.2) is 6.07 Å². The van der Waals surface area contributed by atoms with Gasteiger partial charge >= 0.3 is 0 Å². The van der Waals surface area contributed by atoms with Crippen LogP contribution < -0.4 is 0 Å². The van der Waals surface area contributed by atoms with E-state index < -0.39 is 33.3 Å². The molecule has 1 aromatic rings. The maximum atomic E-state index is 12.8. The van der Waals surface area contributed by atoms with Crippen molar-refractivity contribution >= 4 is 28.4 Å². The van der Waals surface area contributed by atoms with E-state index in [1.165, 1.54) is 0 Å². The summed E-state index contributed by atoms with van der Waals surface area (Å²) in [7, 11) is 0. The van der Waals surface area contributed by atoms with Gasteiger partial charge in [0.15, 0.2) is 17.5 Å². The zero-order valence-electron chi connectivity index (χ0n) is 5.88. The molecule has 1 aromatic carbocycles. The lowest BCUT2D eigenvalue weighted by molar-refractivity contribution is 0.107. The average Bonchev–Trinajstić information content (AvgIpc) is 2.07. The first-order valence-electron chi connectivity index (χ1n) is 2.98. The fourth-order valence-electron chi connectivity index (χ4n) is 0.716. The van der Waals surface area contributed by atoms with Crippen LogP contribution in [0.25, 0.3) is 0 Å². The lowest BCUT2D eigenvalue weighted by Gasteiger charge is -2.01. The molecule has 13 heavy (non-hydrogen) atoms. The Morgan fingerprint density at radius 2 is 1.77 bits per heavy atom. The van der Waals surface area contributed by atoms with Crippen molar-refractivity contribution in [3.8, 4) is 0 Å². The number of hydrogen-bond donors (Lipinski definition) is 0. The van der Waals surface area contributed by atoms with Crippen molar-refractivity contribution < 1.29 is 18.0 Å². The first-order chi connectivity index (χ1) is 5.95. The second-order valence-electron chi connectivity index (χ2n) is 2.12. The van der Waals surface area contributed by atoms with E-state index in [9.17, 15) is 18.0 Å². The van der Waals surface area contributed by atoms with Crippen LogP contribution in [0.3, 0.4) is 0 Å². The average molecular weight is 229 g/mol. The smallest absolute Gasteiger partial charge is 0.255 e. The number of rotatable bonds is 1. The molecule has 0 atom stereocenters. The minimum Gasteiger partial charge on any atom is -0.275 e. The molecule has 0 aliphatic rings. The molecular weight excluding hydrogens is 228 g/mol. The van der Waals surface area contributed by atoms with Gasteiger partial charge in [0, 0.05) is 0 Å². The Labute approximate surface area is 81.1 Å². The Kier molecular flexibility index (Phi) is 2.83. The Morgan fingerprint density at radius 1 is 1.23 bits per heavy atom. The highest BCUT2D eigenvalue weighted by atomic mass is 35.5. The van der Waals surface area contributed by atoms with Gasteiger partial charge < -0.3 is 0 Å². The Balaban J connectivity index is 3.50. The molecule has 0 fully saturated rings. The van der Waals surface area contributed by atoms with E-state index in [4.69, 9.17) is 23.2 Å². The van der Waals surface area contributed by atoms with E-state index in [1.54, 1.807) is 0 Å². The molecule has 0 bridgehead atoms. The summed E-state index contributed by atoms with van der Waals surface area (Å²) in [5.74, 6) is -4.32. The molecule has 0 spiro atoms. The van der Waals surface area contributed by atoms with Gasteiger partial charge in [-0.05, 0) is 17.7 Å². The van der Waals surface area contributed by atoms with Gasteiger partial charge in [-0.25, -0.2) is 13.2 Å². The molecule has 0 amide bonds. The van der Waals surface area contributed by atoms with Gasteiger partial charge in [-0.3, -0.25) is 4.79 Å². The van der Waals surface area contributed by atoms with Crippen LogP contribution in [0.2, 0.25) is 5.02 Å². The first kappa shape index (κ1) is 10.3. The van der Waals surface area contributed by atoms with Gasteiger partial charge in [0.25, 0.3) is 5.24 Å². The number of halogens is 5. The normalized spacial score (nSPS) is 10.2. The zero-order valence-corrected chi connectivity index (χ0v) is 7.39. The maximum Gasteiger partial charge on any atom is 0.255 e. The summed E-state index contributed by atoms with van der Waals surface area (Å²) < 4.78 is 37.9. The Morgan fingerprint density at radius 3 is 2.23 bits per heavy atom. The van der Waals surface area contributed by atoms with Gasteiger partial charge in [-0.1, -0.05) is 11.6 Å². The van der Waals surface area contributed by atoms with E-state index in [0.29, 0.717) is 6.07 Å². The van der Waals surface area contributed by atoms with E-state index in [-0.39, 0.29) is 0 Å². The molecule has 0 aromatic heterocycles. The minimum absolute atomic E-state index is 0.353. The summed E-state index contributed by atoms with van der Waals surface area (Å²) in [6.45, 7) is 0.